The Labute approximate surface area is 178 Å². The Morgan fingerprint density at radius 3 is 2.62 bits per heavy atom. The van der Waals surface area contributed by atoms with E-state index >= 15 is 0 Å². The Morgan fingerprint density at radius 2 is 2.00 bits per heavy atom. The number of thioether (sulfide) groups is 1. The van der Waals surface area contributed by atoms with E-state index in [1.54, 1.807) is 11.8 Å². The largest absolute Gasteiger partial charge is 0.493 e. The molecule has 1 aromatic carbocycles. The summed E-state index contributed by atoms with van der Waals surface area (Å²) in [5.41, 5.74) is 3.05. The third kappa shape index (κ3) is 8.71. The minimum Gasteiger partial charge on any atom is -0.493 e. The van der Waals surface area contributed by atoms with Gasteiger partial charge < -0.3 is 14.4 Å². The fourth-order valence-electron chi connectivity index (χ4n) is 2.47. The molecule has 0 amide bonds. The van der Waals surface area contributed by atoms with Crippen LogP contribution in [0.4, 0.5) is 0 Å². The zero-order chi connectivity index (χ0) is 20.9. The lowest BCUT2D eigenvalue weighted by Crippen LogP contribution is -2.21. The Kier molecular flexibility index (Phi) is 10.3. The van der Waals surface area contributed by atoms with E-state index in [2.05, 4.69) is 53.5 Å². The van der Waals surface area contributed by atoms with Gasteiger partial charge in [0, 0.05) is 23.6 Å². The van der Waals surface area contributed by atoms with E-state index < -0.39 is 0 Å². The lowest BCUT2D eigenvalue weighted by molar-refractivity contribution is 0.245. The van der Waals surface area contributed by atoms with Gasteiger partial charge in [-0.3, -0.25) is 0 Å². The molecule has 1 aliphatic rings. The van der Waals surface area contributed by atoms with Crippen LogP contribution in [0, 0.1) is 0 Å². The summed E-state index contributed by atoms with van der Waals surface area (Å²) in [7, 11) is 4.11. The average Bonchev–Trinajstić information content (AvgIpc) is 2.73. The van der Waals surface area contributed by atoms with E-state index in [4.69, 9.17) is 9.47 Å². The Bertz CT molecular complexity index is 778. The number of likely N-dealkylation sites (N-methyl/N-ethyl adjacent to an activating group) is 1. The molecule has 0 atom stereocenters. The highest BCUT2D eigenvalue weighted by atomic mass is 32.2. The first-order valence-electron chi connectivity index (χ1n) is 9.79. The van der Waals surface area contributed by atoms with E-state index in [1.165, 1.54) is 0 Å². The molecular formula is C23H31N3O2S. The molecule has 0 N–H and O–H groups in total. The highest BCUT2D eigenvalue weighted by Gasteiger charge is 2.12. The van der Waals surface area contributed by atoms with Gasteiger partial charge >= 0.3 is 0 Å². The molecule has 1 aromatic rings. The van der Waals surface area contributed by atoms with Crippen molar-refractivity contribution >= 4 is 29.4 Å². The van der Waals surface area contributed by atoms with Gasteiger partial charge in [-0.25, -0.2) is 0 Å². The van der Waals surface area contributed by atoms with E-state index in [1.807, 2.05) is 44.2 Å². The van der Waals surface area contributed by atoms with Crippen LogP contribution in [0.3, 0.4) is 0 Å². The second-order valence-corrected chi connectivity index (χ2v) is 7.84. The van der Waals surface area contributed by atoms with Crippen LogP contribution < -0.4 is 0 Å². The van der Waals surface area contributed by atoms with Gasteiger partial charge in [0.1, 0.15) is 12.4 Å². The van der Waals surface area contributed by atoms with E-state index in [0.717, 1.165) is 40.6 Å². The molecule has 0 fully saturated rings. The first-order valence-corrected chi connectivity index (χ1v) is 10.9. The molecule has 0 unspecified atom stereocenters. The van der Waals surface area contributed by atoms with Crippen molar-refractivity contribution in [1.82, 2.24) is 4.90 Å². The number of benzene rings is 1. The monoisotopic (exact) mass is 413 g/mol. The molecule has 2 rings (SSSR count). The van der Waals surface area contributed by atoms with Crippen LogP contribution in [-0.4, -0.2) is 61.9 Å². The summed E-state index contributed by atoms with van der Waals surface area (Å²) in [6.45, 7) is 6.03. The van der Waals surface area contributed by atoms with Crippen molar-refractivity contribution in [1.29, 1.82) is 0 Å². The third-order valence-corrected chi connectivity index (χ3v) is 4.97. The maximum absolute atomic E-state index is 5.81. The number of nitrogens with zero attached hydrogens (tertiary/aromatic N) is 3. The summed E-state index contributed by atoms with van der Waals surface area (Å²) in [6, 6.07) is 8.17. The second kappa shape index (κ2) is 13.0. The SMILES string of the molecule is C/C=C\C(=C/C)OCCSCC1=NN=C(c2ccc(/C=C/CN(C)C)cc2)OC1. The summed E-state index contributed by atoms with van der Waals surface area (Å²) < 4.78 is 11.5. The van der Waals surface area contributed by atoms with Crippen molar-refractivity contribution < 1.29 is 9.47 Å². The summed E-state index contributed by atoms with van der Waals surface area (Å²) in [5, 5.41) is 8.59. The summed E-state index contributed by atoms with van der Waals surface area (Å²) in [5.74, 6) is 3.17. The average molecular weight is 414 g/mol. The third-order valence-electron chi connectivity index (χ3n) is 3.98. The van der Waals surface area contributed by atoms with Gasteiger partial charge in [-0.05, 0) is 57.8 Å². The molecule has 0 saturated carbocycles. The summed E-state index contributed by atoms with van der Waals surface area (Å²) in [4.78, 5) is 2.12. The molecule has 1 aliphatic heterocycles. The maximum atomic E-state index is 5.81. The normalized spacial score (nSPS) is 15.0. The van der Waals surface area contributed by atoms with Crippen molar-refractivity contribution in [3.05, 3.63) is 65.5 Å². The van der Waals surface area contributed by atoms with E-state index in [9.17, 15) is 0 Å². The number of rotatable bonds is 11. The Hall–Kier alpha value is -2.31. The topological polar surface area (TPSA) is 46.4 Å². The first kappa shape index (κ1) is 23.0. The molecule has 5 nitrogen and oxygen atoms in total. The molecule has 0 radical (unpaired) electrons. The summed E-state index contributed by atoms with van der Waals surface area (Å²) in [6.07, 6.45) is 10.2. The molecule has 0 saturated heterocycles. The minimum atomic E-state index is 0.482. The fraction of sp³-hybridized carbons (Fsp3) is 0.391. The molecular weight excluding hydrogens is 382 g/mol. The number of hydrogen-bond acceptors (Lipinski definition) is 6. The van der Waals surface area contributed by atoms with Crippen LogP contribution in [0.25, 0.3) is 6.08 Å². The van der Waals surface area contributed by atoms with E-state index in [0.29, 0.717) is 19.1 Å². The van der Waals surface area contributed by atoms with Gasteiger partial charge in [-0.2, -0.15) is 16.9 Å². The molecule has 0 aliphatic carbocycles. The van der Waals surface area contributed by atoms with Crippen molar-refractivity contribution in [2.45, 2.75) is 13.8 Å². The zero-order valence-electron chi connectivity index (χ0n) is 17.8. The lowest BCUT2D eigenvalue weighted by atomic mass is 10.1. The molecule has 6 heteroatoms. The predicted molar refractivity (Wildman–Crippen MR) is 126 cm³/mol. The van der Waals surface area contributed by atoms with Crippen molar-refractivity contribution in [3.63, 3.8) is 0 Å². The number of hydrogen-bond donors (Lipinski definition) is 0. The maximum Gasteiger partial charge on any atom is 0.241 e. The predicted octanol–water partition coefficient (Wildman–Crippen LogP) is 4.62. The molecule has 156 valence electrons. The van der Waals surface area contributed by atoms with Crippen LogP contribution in [0.1, 0.15) is 25.0 Å². The van der Waals surface area contributed by atoms with Crippen molar-refractivity contribution in [2.24, 2.45) is 10.2 Å². The van der Waals surface area contributed by atoms with Crippen molar-refractivity contribution in [3.8, 4) is 0 Å². The highest BCUT2D eigenvalue weighted by Crippen LogP contribution is 2.12. The van der Waals surface area contributed by atoms with Gasteiger partial charge in [0.2, 0.25) is 5.90 Å². The molecule has 29 heavy (non-hydrogen) atoms. The van der Waals surface area contributed by atoms with Gasteiger partial charge in [0.15, 0.2) is 0 Å². The van der Waals surface area contributed by atoms with E-state index in [-0.39, 0.29) is 0 Å². The van der Waals surface area contributed by atoms with Crippen LogP contribution in [0.2, 0.25) is 0 Å². The molecule has 0 aromatic heterocycles. The zero-order valence-corrected chi connectivity index (χ0v) is 18.6. The van der Waals surface area contributed by atoms with Crippen molar-refractivity contribution in [2.75, 3.05) is 45.4 Å². The van der Waals surface area contributed by atoms with Gasteiger partial charge in [0.05, 0.1) is 12.3 Å². The number of allylic oxidation sites excluding steroid dienone is 3. The van der Waals surface area contributed by atoms with Crippen LogP contribution in [0.15, 0.2) is 64.5 Å². The smallest absolute Gasteiger partial charge is 0.241 e. The molecule has 1 heterocycles. The number of ether oxygens (including phenoxy) is 2. The Balaban J connectivity index is 1.78. The molecule has 0 spiro atoms. The van der Waals surface area contributed by atoms with Gasteiger partial charge in [0.25, 0.3) is 0 Å². The standard InChI is InChI=1S/C23H31N3O2S/c1-5-8-22(6-2)27-15-16-29-18-21-17-28-23(25-24-21)20-12-10-19(11-13-20)9-7-14-26(3)4/h5-13H,14-18H2,1-4H3/b8-5-,9-7+,22-6+. The first-order chi connectivity index (χ1) is 14.1. The minimum absolute atomic E-state index is 0.482. The quantitative estimate of drug-likeness (QED) is 0.302. The van der Waals surface area contributed by atoms with Gasteiger partial charge in [-0.1, -0.05) is 30.4 Å². The van der Waals surface area contributed by atoms with Crippen LogP contribution >= 0.6 is 11.8 Å². The van der Waals surface area contributed by atoms with Crippen LogP contribution in [-0.2, 0) is 9.47 Å². The fourth-order valence-corrected chi connectivity index (χ4v) is 3.20. The highest BCUT2D eigenvalue weighted by molar-refractivity contribution is 7.99. The second-order valence-electron chi connectivity index (χ2n) is 6.74. The molecule has 0 bridgehead atoms. The van der Waals surface area contributed by atoms with Crippen LogP contribution in [0.5, 0.6) is 0 Å². The lowest BCUT2D eigenvalue weighted by Gasteiger charge is -2.14. The summed E-state index contributed by atoms with van der Waals surface area (Å²) >= 11 is 1.77. The van der Waals surface area contributed by atoms with Gasteiger partial charge in [-0.15, -0.1) is 5.10 Å². The Morgan fingerprint density at radius 1 is 1.21 bits per heavy atom.